The van der Waals surface area contributed by atoms with E-state index in [9.17, 15) is 4.79 Å². The normalized spacial score (nSPS) is 20.2. The highest BCUT2D eigenvalue weighted by Gasteiger charge is 2.29. The van der Waals surface area contributed by atoms with E-state index in [-0.39, 0.29) is 11.5 Å². The third-order valence-corrected chi connectivity index (χ3v) is 3.27. The predicted molar refractivity (Wildman–Crippen MR) is 70.1 cm³/mol. The fourth-order valence-corrected chi connectivity index (χ4v) is 2.40. The van der Waals surface area contributed by atoms with Crippen LogP contribution in [-0.2, 0) is 9.53 Å². The largest absolute Gasteiger partial charge is 0.468 e. The molecule has 1 heterocycles. The predicted octanol–water partition coefficient (Wildman–Crippen LogP) is 1.87. The Morgan fingerprint density at radius 2 is 2.11 bits per heavy atom. The Kier molecular flexibility index (Phi) is 3.84. The number of hydrogen-bond acceptors (Lipinski definition) is 4. The number of halogens is 2. The van der Waals surface area contributed by atoms with Crippen LogP contribution in [0.2, 0.25) is 10.0 Å². The molecule has 2 rings (SSSR count). The van der Waals surface area contributed by atoms with Gasteiger partial charge in [0, 0.05) is 15.6 Å². The van der Waals surface area contributed by atoms with E-state index in [4.69, 9.17) is 38.9 Å². The fourth-order valence-electron chi connectivity index (χ4n) is 1.76. The van der Waals surface area contributed by atoms with Crippen molar-refractivity contribution in [3.05, 3.63) is 45.3 Å². The Morgan fingerprint density at radius 1 is 1.47 bits per heavy atom. The standard InChI is InChI=1S/C12H9Cl2N3O2/c13-7-2-1-3-8(14)10(7)9-5-17-12(19-9)6(4-15)11(16)18/h1-3,9,17H,5H2,(H2,16,18)/b12-6+. The van der Waals surface area contributed by atoms with Crippen molar-refractivity contribution in [1.29, 1.82) is 5.26 Å². The summed E-state index contributed by atoms with van der Waals surface area (Å²) in [5, 5.41) is 12.6. The number of benzene rings is 1. The monoisotopic (exact) mass is 297 g/mol. The SMILES string of the molecule is N#C/C(C(N)=O)=C1/NCC(c2c(Cl)cccc2Cl)O1. The van der Waals surface area contributed by atoms with E-state index >= 15 is 0 Å². The molecule has 1 saturated heterocycles. The summed E-state index contributed by atoms with van der Waals surface area (Å²) < 4.78 is 5.50. The first kappa shape index (κ1) is 13.5. The average molecular weight is 298 g/mol. The molecule has 1 aromatic carbocycles. The number of nitrogens with zero attached hydrogens (tertiary/aromatic N) is 1. The molecular formula is C12H9Cl2N3O2. The molecule has 0 radical (unpaired) electrons. The van der Waals surface area contributed by atoms with Crippen molar-refractivity contribution in [2.45, 2.75) is 6.10 Å². The first-order chi connectivity index (χ1) is 9.04. The Morgan fingerprint density at radius 3 is 2.63 bits per heavy atom. The number of hydrogen-bond donors (Lipinski definition) is 2. The molecule has 0 spiro atoms. The van der Waals surface area contributed by atoms with Crippen LogP contribution in [0.15, 0.2) is 29.7 Å². The van der Waals surface area contributed by atoms with Crippen LogP contribution < -0.4 is 11.1 Å². The minimum absolute atomic E-state index is 0.0518. The van der Waals surface area contributed by atoms with Crippen LogP contribution in [0.3, 0.4) is 0 Å². The molecule has 1 atom stereocenters. The number of carbonyl (C=O) groups excluding carboxylic acids is 1. The van der Waals surface area contributed by atoms with E-state index < -0.39 is 12.0 Å². The van der Waals surface area contributed by atoms with E-state index in [1.54, 1.807) is 24.3 Å². The minimum Gasteiger partial charge on any atom is -0.468 e. The van der Waals surface area contributed by atoms with Crippen molar-refractivity contribution < 1.29 is 9.53 Å². The van der Waals surface area contributed by atoms with Crippen LogP contribution >= 0.6 is 23.2 Å². The van der Waals surface area contributed by atoms with Gasteiger partial charge < -0.3 is 15.8 Å². The molecule has 0 bridgehead atoms. The smallest absolute Gasteiger partial charge is 0.264 e. The number of rotatable bonds is 2. The van der Waals surface area contributed by atoms with Gasteiger partial charge in [-0.15, -0.1) is 0 Å². The molecule has 0 aliphatic carbocycles. The summed E-state index contributed by atoms with van der Waals surface area (Å²) in [4.78, 5) is 11.1. The summed E-state index contributed by atoms with van der Waals surface area (Å²) in [7, 11) is 0. The van der Waals surface area contributed by atoms with Gasteiger partial charge in [-0.2, -0.15) is 5.26 Å². The topological polar surface area (TPSA) is 88.1 Å². The van der Waals surface area contributed by atoms with Crippen molar-refractivity contribution in [1.82, 2.24) is 5.32 Å². The zero-order chi connectivity index (χ0) is 14.0. The Bertz CT molecular complexity index is 587. The maximum absolute atomic E-state index is 11.1. The number of carbonyl (C=O) groups is 1. The third kappa shape index (κ3) is 2.60. The van der Waals surface area contributed by atoms with E-state index in [2.05, 4.69) is 5.32 Å². The highest BCUT2D eigenvalue weighted by atomic mass is 35.5. The van der Waals surface area contributed by atoms with Gasteiger partial charge in [0.2, 0.25) is 5.88 Å². The zero-order valence-corrected chi connectivity index (χ0v) is 11.1. The lowest BCUT2D eigenvalue weighted by Gasteiger charge is -2.13. The van der Waals surface area contributed by atoms with Crippen molar-refractivity contribution in [2.24, 2.45) is 5.73 Å². The maximum Gasteiger partial charge on any atom is 0.264 e. The van der Waals surface area contributed by atoms with Crippen molar-refractivity contribution in [3.63, 3.8) is 0 Å². The van der Waals surface area contributed by atoms with Crippen LogP contribution in [0, 0.1) is 11.3 Å². The average Bonchev–Trinajstić information content (AvgIpc) is 2.78. The van der Waals surface area contributed by atoms with Gasteiger partial charge in [-0.25, -0.2) is 0 Å². The molecule has 98 valence electrons. The molecule has 1 aliphatic heterocycles. The summed E-state index contributed by atoms with van der Waals surface area (Å²) in [5.41, 5.74) is 5.43. The summed E-state index contributed by atoms with van der Waals surface area (Å²) in [6, 6.07) is 6.79. The number of nitriles is 1. The molecule has 1 unspecified atom stereocenters. The molecule has 1 fully saturated rings. The summed E-state index contributed by atoms with van der Waals surface area (Å²) in [6.07, 6.45) is -0.473. The second kappa shape index (κ2) is 5.39. The number of nitrogens with two attached hydrogens (primary N) is 1. The van der Waals surface area contributed by atoms with E-state index in [1.165, 1.54) is 0 Å². The van der Waals surface area contributed by atoms with Crippen LogP contribution in [0.1, 0.15) is 11.7 Å². The first-order valence-electron chi connectivity index (χ1n) is 5.33. The number of nitrogens with one attached hydrogen (secondary N) is 1. The molecule has 1 aromatic rings. The lowest BCUT2D eigenvalue weighted by Crippen LogP contribution is -2.18. The maximum atomic E-state index is 11.1. The van der Waals surface area contributed by atoms with Crippen molar-refractivity contribution in [2.75, 3.05) is 6.54 Å². The van der Waals surface area contributed by atoms with E-state index in [0.717, 1.165) is 0 Å². The number of amides is 1. The van der Waals surface area contributed by atoms with E-state index in [1.807, 2.05) is 0 Å². The van der Waals surface area contributed by atoms with Gasteiger partial charge >= 0.3 is 0 Å². The van der Waals surface area contributed by atoms with Gasteiger partial charge in [0.05, 0.1) is 6.54 Å². The zero-order valence-electron chi connectivity index (χ0n) is 9.61. The molecule has 5 nitrogen and oxygen atoms in total. The molecule has 0 aromatic heterocycles. The van der Waals surface area contributed by atoms with Crippen LogP contribution in [0.25, 0.3) is 0 Å². The highest BCUT2D eigenvalue weighted by molar-refractivity contribution is 6.36. The van der Waals surface area contributed by atoms with Crippen LogP contribution in [0.5, 0.6) is 0 Å². The second-order valence-corrected chi connectivity index (χ2v) is 4.62. The summed E-state index contributed by atoms with van der Waals surface area (Å²) in [6.45, 7) is 0.344. The molecular weight excluding hydrogens is 289 g/mol. The highest BCUT2D eigenvalue weighted by Crippen LogP contribution is 2.35. The Balaban J connectivity index is 2.34. The molecule has 0 saturated carbocycles. The van der Waals surface area contributed by atoms with Gasteiger partial charge in [0.15, 0.2) is 5.57 Å². The lowest BCUT2D eigenvalue weighted by molar-refractivity contribution is -0.114. The summed E-state index contributed by atoms with van der Waals surface area (Å²) in [5.74, 6) is -0.799. The molecule has 1 aliphatic rings. The van der Waals surface area contributed by atoms with Gasteiger partial charge in [-0.1, -0.05) is 29.3 Å². The molecule has 7 heteroatoms. The van der Waals surface area contributed by atoms with Crippen LogP contribution in [0.4, 0.5) is 0 Å². The Labute approximate surface area is 119 Å². The first-order valence-corrected chi connectivity index (χ1v) is 6.08. The lowest BCUT2D eigenvalue weighted by atomic mass is 10.1. The van der Waals surface area contributed by atoms with Crippen molar-refractivity contribution >= 4 is 29.1 Å². The fraction of sp³-hybridized carbons (Fsp3) is 0.167. The number of ether oxygens (including phenoxy) is 1. The minimum atomic E-state index is -0.851. The van der Waals surface area contributed by atoms with Gasteiger partial charge in [-0.3, -0.25) is 4.79 Å². The Hall–Kier alpha value is -1.90. The number of primary amides is 1. The molecule has 19 heavy (non-hydrogen) atoms. The quantitative estimate of drug-likeness (QED) is 0.644. The van der Waals surface area contributed by atoms with Crippen molar-refractivity contribution in [3.8, 4) is 6.07 Å². The van der Waals surface area contributed by atoms with Gasteiger partial charge in [0.1, 0.15) is 12.2 Å². The summed E-state index contributed by atoms with van der Waals surface area (Å²) >= 11 is 12.1. The second-order valence-electron chi connectivity index (χ2n) is 3.80. The third-order valence-electron chi connectivity index (χ3n) is 2.62. The molecule has 3 N–H and O–H groups in total. The van der Waals surface area contributed by atoms with E-state index in [0.29, 0.717) is 22.2 Å². The van der Waals surface area contributed by atoms with Crippen LogP contribution in [-0.4, -0.2) is 12.5 Å². The molecule has 1 amide bonds. The van der Waals surface area contributed by atoms with Gasteiger partial charge in [-0.05, 0) is 12.1 Å². The van der Waals surface area contributed by atoms with Gasteiger partial charge in [0.25, 0.3) is 5.91 Å².